The van der Waals surface area contributed by atoms with Gasteiger partial charge in [-0.1, -0.05) is 76.9 Å². The number of hydrogen-bond donors (Lipinski definition) is 1. The van der Waals surface area contributed by atoms with E-state index in [0.717, 1.165) is 22.0 Å². The van der Waals surface area contributed by atoms with Gasteiger partial charge < -0.3 is 19.7 Å². The number of carbonyl (C=O) groups is 2. The molecule has 0 saturated heterocycles. The zero-order chi connectivity index (χ0) is 26.8. The lowest BCUT2D eigenvalue weighted by molar-refractivity contribution is -0.143. The van der Waals surface area contributed by atoms with E-state index in [1.165, 1.54) is 0 Å². The van der Waals surface area contributed by atoms with Gasteiger partial charge >= 0.3 is 0 Å². The lowest BCUT2D eigenvalue weighted by atomic mass is 10.0. The molecule has 0 fully saturated rings. The molecule has 0 bridgehead atoms. The second-order valence-corrected chi connectivity index (χ2v) is 10.1. The topological polar surface area (TPSA) is 67.9 Å². The minimum atomic E-state index is -0.751. The summed E-state index contributed by atoms with van der Waals surface area (Å²) < 4.78 is 12.0. The molecular weight excluding hydrogens is 556 g/mol. The highest BCUT2D eigenvalue weighted by atomic mass is 79.9. The van der Waals surface area contributed by atoms with E-state index >= 15 is 0 Å². The average Bonchev–Trinajstić information content (AvgIpc) is 2.90. The fourth-order valence-electron chi connectivity index (χ4n) is 3.78. The Labute approximate surface area is 232 Å². The van der Waals surface area contributed by atoms with Crippen molar-refractivity contribution in [1.29, 1.82) is 0 Å². The van der Waals surface area contributed by atoms with Gasteiger partial charge in [-0.15, -0.1) is 0 Å². The molecule has 0 saturated carbocycles. The van der Waals surface area contributed by atoms with Crippen LogP contribution in [0.25, 0.3) is 0 Å². The molecule has 0 aliphatic heterocycles. The van der Waals surface area contributed by atoms with Crippen LogP contribution < -0.4 is 14.8 Å². The maximum atomic E-state index is 13.7. The van der Waals surface area contributed by atoms with Crippen molar-refractivity contribution in [2.45, 2.75) is 45.3 Å². The number of nitrogens with zero attached hydrogens (tertiary/aromatic N) is 1. The molecule has 2 unspecified atom stereocenters. The number of carbonyl (C=O) groups excluding carboxylic acids is 2. The summed E-state index contributed by atoms with van der Waals surface area (Å²) in [6.07, 6.45) is 1.14. The minimum absolute atomic E-state index is 0.0302. The van der Waals surface area contributed by atoms with E-state index in [0.29, 0.717) is 22.9 Å². The zero-order valence-electron chi connectivity index (χ0n) is 21.2. The summed E-state index contributed by atoms with van der Waals surface area (Å²) in [6, 6.07) is 21.5. The van der Waals surface area contributed by atoms with Gasteiger partial charge in [0.05, 0.1) is 12.1 Å². The monoisotopic (exact) mass is 586 g/mol. The van der Waals surface area contributed by atoms with Crippen LogP contribution in [-0.4, -0.2) is 42.5 Å². The normalized spacial score (nSPS) is 12.4. The van der Waals surface area contributed by atoms with Crippen LogP contribution in [-0.2, 0) is 22.6 Å². The fourth-order valence-corrected chi connectivity index (χ4v) is 4.51. The van der Waals surface area contributed by atoms with Crippen LogP contribution in [0.15, 0.2) is 77.3 Å². The summed E-state index contributed by atoms with van der Waals surface area (Å²) in [4.78, 5) is 28.8. The quantitative estimate of drug-likeness (QED) is 0.280. The minimum Gasteiger partial charge on any atom is -0.497 e. The Morgan fingerprint density at radius 1 is 1.03 bits per heavy atom. The van der Waals surface area contributed by atoms with Crippen molar-refractivity contribution in [3.8, 4) is 11.5 Å². The van der Waals surface area contributed by atoms with E-state index in [2.05, 4.69) is 21.2 Å². The van der Waals surface area contributed by atoms with Gasteiger partial charge in [0.15, 0.2) is 6.61 Å². The van der Waals surface area contributed by atoms with Crippen LogP contribution in [0.2, 0.25) is 5.02 Å². The first kappa shape index (κ1) is 28.5. The van der Waals surface area contributed by atoms with Gasteiger partial charge in [-0.2, -0.15) is 0 Å². The molecule has 1 N–H and O–H groups in total. The summed E-state index contributed by atoms with van der Waals surface area (Å²) in [7, 11) is 1.59. The molecule has 0 spiro atoms. The molecule has 3 rings (SSSR count). The third kappa shape index (κ3) is 8.51. The Kier molecular flexibility index (Phi) is 10.8. The summed E-state index contributed by atoms with van der Waals surface area (Å²) in [6.45, 7) is 3.89. The average molecular weight is 588 g/mol. The molecular formula is C29H32BrClN2O4. The third-order valence-corrected chi connectivity index (χ3v) is 6.79. The molecule has 0 aliphatic carbocycles. The highest BCUT2D eigenvalue weighted by molar-refractivity contribution is 9.10. The molecule has 196 valence electrons. The van der Waals surface area contributed by atoms with Crippen molar-refractivity contribution in [2.75, 3.05) is 13.7 Å². The summed E-state index contributed by atoms with van der Waals surface area (Å²) in [5.41, 5.74) is 1.79. The fraction of sp³-hybridized carbons (Fsp3) is 0.310. The number of methoxy groups -OCH3 is 1. The molecule has 3 aromatic carbocycles. The summed E-state index contributed by atoms with van der Waals surface area (Å²) >= 11 is 9.66. The third-order valence-electron chi connectivity index (χ3n) is 6.00. The molecule has 3 aromatic rings. The first-order valence-corrected chi connectivity index (χ1v) is 13.3. The van der Waals surface area contributed by atoms with Gasteiger partial charge in [-0.05, 0) is 54.8 Å². The van der Waals surface area contributed by atoms with E-state index in [4.69, 9.17) is 21.1 Å². The highest BCUT2D eigenvalue weighted by Gasteiger charge is 2.31. The Morgan fingerprint density at radius 3 is 2.43 bits per heavy atom. The van der Waals surface area contributed by atoms with Crippen molar-refractivity contribution in [3.63, 3.8) is 0 Å². The molecule has 0 radical (unpaired) electrons. The molecule has 0 aliphatic rings. The Morgan fingerprint density at radius 2 is 1.76 bits per heavy atom. The maximum absolute atomic E-state index is 13.7. The standard InChI is InChI=1S/C29H32BrClN2O4/c1-4-20(2)32-29(35)26(16-21-9-6-5-7-10-21)33(18-22-11-8-12-24(15-22)36-3)28(34)19-37-27-14-13-23(30)17-25(27)31/h5-15,17,20,26H,4,16,18-19H2,1-3H3,(H,32,35). The van der Waals surface area contributed by atoms with Gasteiger partial charge in [-0.3, -0.25) is 9.59 Å². The van der Waals surface area contributed by atoms with Crippen molar-refractivity contribution in [3.05, 3.63) is 93.4 Å². The number of rotatable bonds is 12. The first-order chi connectivity index (χ1) is 17.8. The molecule has 0 heterocycles. The number of nitrogens with one attached hydrogen (secondary N) is 1. The van der Waals surface area contributed by atoms with Gasteiger partial charge in [0, 0.05) is 23.5 Å². The molecule has 8 heteroatoms. The summed E-state index contributed by atoms with van der Waals surface area (Å²) in [5, 5.41) is 3.44. The number of ether oxygens (including phenoxy) is 2. The number of benzene rings is 3. The lowest BCUT2D eigenvalue weighted by Gasteiger charge is -2.32. The van der Waals surface area contributed by atoms with Crippen LogP contribution in [0.1, 0.15) is 31.4 Å². The molecule has 6 nitrogen and oxygen atoms in total. The van der Waals surface area contributed by atoms with Crippen LogP contribution in [0, 0.1) is 0 Å². The van der Waals surface area contributed by atoms with E-state index in [1.54, 1.807) is 30.2 Å². The highest BCUT2D eigenvalue weighted by Crippen LogP contribution is 2.28. The van der Waals surface area contributed by atoms with Crippen molar-refractivity contribution < 1.29 is 19.1 Å². The Hall–Kier alpha value is -3.03. The molecule has 37 heavy (non-hydrogen) atoms. The summed E-state index contributed by atoms with van der Waals surface area (Å²) in [5.74, 6) is 0.521. The largest absolute Gasteiger partial charge is 0.497 e. The smallest absolute Gasteiger partial charge is 0.261 e. The van der Waals surface area contributed by atoms with Crippen LogP contribution in [0.3, 0.4) is 0 Å². The molecule has 0 aromatic heterocycles. The lowest BCUT2D eigenvalue weighted by Crippen LogP contribution is -2.53. The van der Waals surface area contributed by atoms with Crippen LogP contribution >= 0.6 is 27.5 Å². The second kappa shape index (κ2) is 14.1. The van der Waals surface area contributed by atoms with Crippen molar-refractivity contribution in [2.24, 2.45) is 0 Å². The van der Waals surface area contributed by atoms with Crippen LogP contribution in [0.5, 0.6) is 11.5 Å². The van der Waals surface area contributed by atoms with Gasteiger partial charge in [0.1, 0.15) is 17.5 Å². The van der Waals surface area contributed by atoms with E-state index in [-0.39, 0.29) is 31.0 Å². The van der Waals surface area contributed by atoms with E-state index in [1.807, 2.05) is 68.4 Å². The van der Waals surface area contributed by atoms with E-state index in [9.17, 15) is 9.59 Å². The van der Waals surface area contributed by atoms with Gasteiger partial charge in [0.2, 0.25) is 5.91 Å². The number of hydrogen-bond acceptors (Lipinski definition) is 4. The zero-order valence-corrected chi connectivity index (χ0v) is 23.6. The SMILES string of the molecule is CCC(C)NC(=O)C(Cc1ccccc1)N(Cc1cccc(OC)c1)C(=O)COc1ccc(Br)cc1Cl. The predicted molar refractivity (Wildman–Crippen MR) is 150 cm³/mol. The number of amides is 2. The Balaban J connectivity index is 1.94. The molecule has 2 atom stereocenters. The van der Waals surface area contributed by atoms with Crippen LogP contribution in [0.4, 0.5) is 0 Å². The van der Waals surface area contributed by atoms with E-state index < -0.39 is 6.04 Å². The van der Waals surface area contributed by atoms with Gasteiger partial charge in [-0.25, -0.2) is 0 Å². The number of halogens is 2. The van der Waals surface area contributed by atoms with Crippen molar-refractivity contribution in [1.82, 2.24) is 10.2 Å². The first-order valence-electron chi connectivity index (χ1n) is 12.1. The van der Waals surface area contributed by atoms with Crippen molar-refractivity contribution >= 4 is 39.3 Å². The van der Waals surface area contributed by atoms with Gasteiger partial charge in [0.25, 0.3) is 5.91 Å². The Bertz CT molecular complexity index is 1190. The maximum Gasteiger partial charge on any atom is 0.261 e. The molecule has 2 amide bonds. The second-order valence-electron chi connectivity index (χ2n) is 8.76. The predicted octanol–water partition coefficient (Wildman–Crippen LogP) is 6.04.